The predicted octanol–water partition coefficient (Wildman–Crippen LogP) is 2.52. The highest BCUT2D eigenvalue weighted by Gasteiger charge is 2.32. The van der Waals surface area contributed by atoms with Crippen LogP contribution in [0.2, 0.25) is 0 Å². The van der Waals surface area contributed by atoms with Crippen molar-refractivity contribution in [3.05, 3.63) is 30.3 Å². The molecule has 0 aromatic heterocycles. The van der Waals surface area contributed by atoms with Crippen molar-refractivity contribution in [2.75, 3.05) is 25.1 Å². The van der Waals surface area contributed by atoms with E-state index in [0.717, 1.165) is 5.69 Å². The molecular formula is C20H31N3O3S. The number of likely N-dealkylation sites (N-methyl/N-ethyl adjacent to an activating group) is 1. The Bertz CT molecular complexity index is 647. The van der Waals surface area contributed by atoms with E-state index in [2.05, 4.69) is 10.6 Å². The molecule has 0 unspecified atom stereocenters. The number of anilines is 1. The topological polar surface area (TPSA) is 70.7 Å². The normalized spacial score (nSPS) is 12.4. The van der Waals surface area contributed by atoms with Crippen molar-refractivity contribution in [3.8, 4) is 0 Å². The second kappa shape index (κ2) is 10.4. The van der Waals surface area contributed by atoms with E-state index in [1.54, 1.807) is 25.8 Å². The highest BCUT2D eigenvalue weighted by molar-refractivity contribution is 7.80. The standard InChI is InChI=1S/C20H31N3O3S/c1-14(2)13-26-17(24)12-21-15(3)18(27)22-20(4,5)19(25)23(6)16-10-8-7-9-11-16/h7-11,14-15,21H,12-13H2,1-6H3,(H,22,27)/t15-/m0/s1. The first kappa shape index (κ1) is 23.0. The number of carbonyl (C=O) groups is 2. The number of amides is 1. The lowest BCUT2D eigenvalue weighted by molar-refractivity contribution is -0.143. The molecule has 0 fully saturated rings. The minimum absolute atomic E-state index is 0.0635. The van der Waals surface area contributed by atoms with Gasteiger partial charge in [0.25, 0.3) is 5.91 Å². The highest BCUT2D eigenvalue weighted by Crippen LogP contribution is 2.16. The Morgan fingerprint density at radius 3 is 2.33 bits per heavy atom. The first-order chi connectivity index (χ1) is 12.5. The van der Waals surface area contributed by atoms with E-state index in [-0.39, 0.29) is 24.5 Å². The molecule has 1 rings (SSSR count). The number of nitrogens with one attached hydrogen (secondary N) is 2. The van der Waals surface area contributed by atoms with E-state index in [1.807, 2.05) is 51.1 Å². The summed E-state index contributed by atoms with van der Waals surface area (Å²) in [5, 5.41) is 6.13. The van der Waals surface area contributed by atoms with E-state index in [1.165, 1.54) is 0 Å². The minimum atomic E-state index is -0.893. The SMILES string of the molecule is CC(C)COC(=O)CN[C@@H](C)C(=S)NC(C)(C)C(=O)N(C)c1ccccc1. The lowest BCUT2D eigenvalue weighted by Crippen LogP contribution is -2.58. The maximum Gasteiger partial charge on any atom is 0.319 e. The third kappa shape index (κ3) is 7.64. The molecule has 0 spiro atoms. The second-order valence-electron chi connectivity index (χ2n) is 7.49. The molecule has 1 aromatic carbocycles. The zero-order valence-electron chi connectivity index (χ0n) is 17.0. The Kier molecular flexibility index (Phi) is 8.85. The summed E-state index contributed by atoms with van der Waals surface area (Å²) in [6.07, 6.45) is 0. The average molecular weight is 394 g/mol. The number of rotatable bonds is 9. The van der Waals surface area contributed by atoms with Gasteiger partial charge < -0.3 is 15.0 Å². The Hall–Kier alpha value is -1.99. The molecule has 1 atom stereocenters. The quantitative estimate of drug-likeness (QED) is 0.496. The van der Waals surface area contributed by atoms with E-state index < -0.39 is 5.54 Å². The van der Waals surface area contributed by atoms with Gasteiger partial charge in [0.2, 0.25) is 0 Å². The Morgan fingerprint density at radius 2 is 1.78 bits per heavy atom. The van der Waals surface area contributed by atoms with Crippen LogP contribution in [0.25, 0.3) is 0 Å². The molecule has 27 heavy (non-hydrogen) atoms. The van der Waals surface area contributed by atoms with Gasteiger partial charge in [-0.1, -0.05) is 44.3 Å². The third-order valence-electron chi connectivity index (χ3n) is 3.94. The summed E-state index contributed by atoms with van der Waals surface area (Å²) in [5.74, 6) is -0.139. The van der Waals surface area contributed by atoms with Crippen LogP contribution in [0.1, 0.15) is 34.6 Å². The molecule has 0 saturated carbocycles. The number of nitrogens with zero attached hydrogens (tertiary/aromatic N) is 1. The first-order valence-corrected chi connectivity index (χ1v) is 9.49. The summed E-state index contributed by atoms with van der Waals surface area (Å²) in [4.78, 5) is 26.6. The first-order valence-electron chi connectivity index (χ1n) is 9.09. The average Bonchev–Trinajstić information content (AvgIpc) is 2.63. The molecule has 0 heterocycles. The summed E-state index contributed by atoms with van der Waals surface area (Å²) in [6.45, 7) is 9.82. The van der Waals surface area contributed by atoms with Gasteiger partial charge in [0, 0.05) is 12.7 Å². The van der Waals surface area contributed by atoms with Gasteiger partial charge >= 0.3 is 5.97 Å². The van der Waals surface area contributed by atoms with E-state index >= 15 is 0 Å². The molecular weight excluding hydrogens is 362 g/mol. The zero-order valence-corrected chi connectivity index (χ0v) is 17.9. The second-order valence-corrected chi connectivity index (χ2v) is 7.93. The van der Waals surface area contributed by atoms with Gasteiger partial charge in [0.15, 0.2) is 0 Å². The molecule has 0 bridgehead atoms. The zero-order chi connectivity index (χ0) is 20.6. The van der Waals surface area contributed by atoms with Crippen molar-refractivity contribution in [2.24, 2.45) is 5.92 Å². The van der Waals surface area contributed by atoms with Crippen molar-refractivity contribution in [2.45, 2.75) is 46.2 Å². The maximum absolute atomic E-state index is 12.8. The van der Waals surface area contributed by atoms with Crippen LogP contribution in [0.4, 0.5) is 5.69 Å². The molecule has 2 N–H and O–H groups in total. The molecule has 0 saturated heterocycles. The number of ether oxygens (including phenoxy) is 1. The summed E-state index contributed by atoms with van der Waals surface area (Å²) >= 11 is 5.41. The molecule has 150 valence electrons. The Balaban J connectivity index is 2.57. The van der Waals surface area contributed by atoms with E-state index in [9.17, 15) is 9.59 Å². The molecule has 0 aliphatic rings. The van der Waals surface area contributed by atoms with Crippen molar-refractivity contribution < 1.29 is 14.3 Å². The van der Waals surface area contributed by atoms with Crippen LogP contribution in [0.3, 0.4) is 0 Å². The van der Waals surface area contributed by atoms with Crippen LogP contribution >= 0.6 is 12.2 Å². The number of hydrogen-bond acceptors (Lipinski definition) is 5. The van der Waals surface area contributed by atoms with Crippen LogP contribution in [0.15, 0.2) is 30.3 Å². The van der Waals surface area contributed by atoms with E-state index in [0.29, 0.717) is 17.5 Å². The van der Waals surface area contributed by atoms with Crippen LogP contribution in [-0.4, -0.2) is 48.6 Å². The Labute approximate surface area is 167 Å². The van der Waals surface area contributed by atoms with Crippen LogP contribution in [0.5, 0.6) is 0 Å². The van der Waals surface area contributed by atoms with Gasteiger partial charge in [0.1, 0.15) is 5.54 Å². The number of hydrogen-bond donors (Lipinski definition) is 2. The minimum Gasteiger partial charge on any atom is -0.464 e. The smallest absolute Gasteiger partial charge is 0.319 e. The van der Waals surface area contributed by atoms with Crippen molar-refractivity contribution >= 4 is 34.8 Å². The summed E-state index contributed by atoms with van der Waals surface area (Å²) in [6, 6.07) is 9.14. The molecule has 0 aliphatic carbocycles. The molecule has 0 radical (unpaired) electrons. The number of carbonyl (C=O) groups excluding carboxylic acids is 2. The van der Waals surface area contributed by atoms with E-state index in [4.69, 9.17) is 17.0 Å². The highest BCUT2D eigenvalue weighted by atomic mass is 32.1. The molecule has 1 aromatic rings. The van der Waals surface area contributed by atoms with Gasteiger partial charge in [-0.25, -0.2) is 0 Å². The van der Waals surface area contributed by atoms with Gasteiger partial charge in [0.05, 0.1) is 24.2 Å². The predicted molar refractivity (Wildman–Crippen MR) is 113 cm³/mol. The number of benzene rings is 1. The van der Waals surface area contributed by atoms with Gasteiger partial charge in [-0.15, -0.1) is 0 Å². The van der Waals surface area contributed by atoms with Gasteiger partial charge in [-0.2, -0.15) is 0 Å². The van der Waals surface area contributed by atoms with Crippen molar-refractivity contribution in [1.29, 1.82) is 0 Å². The van der Waals surface area contributed by atoms with Crippen molar-refractivity contribution in [3.63, 3.8) is 0 Å². The molecule has 7 heteroatoms. The fourth-order valence-electron chi connectivity index (χ4n) is 2.30. The number of esters is 1. The molecule has 6 nitrogen and oxygen atoms in total. The summed E-state index contributed by atoms with van der Waals surface area (Å²) < 4.78 is 5.13. The summed E-state index contributed by atoms with van der Waals surface area (Å²) in [7, 11) is 1.73. The largest absolute Gasteiger partial charge is 0.464 e. The lowest BCUT2D eigenvalue weighted by Gasteiger charge is -2.32. The lowest BCUT2D eigenvalue weighted by atomic mass is 10.0. The fourth-order valence-corrected chi connectivity index (χ4v) is 2.64. The molecule has 1 amide bonds. The van der Waals surface area contributed by atoms with Gasteiger partial charge in [-0.3, -0.25) is 14.9 Å². The number of thiocarbonyl (C=S) groups is 1. The number of para-hydroxylation sites is 1. The van der Waals surface area contributed by atoms with Crippen molar-refractivity contribution in [1.82, 2.24) is 10.6 Å². The van der Waals surface area contributed by atoms with Crippen LogP contribution in [-0.2, 0) is 14.3 Å². The van der Waals surface area contributed by atoms with Gasteiger partial charge in [-0.05, 0) is 38.8 Å². The van der Waals surface area contributed by atoms with Crippen LogP contribution in [0, 0.1) is 5.92 Å². The fraction of sp³-hybridized carbons (Fsp3) is 0.550. The van der Waals surface area contributed by atoms with Crippen LogP contribution < -0.4 is 15.5 Å². The Morgan fingerprint density at radius 1 is 1.19 bits per heavy atom. The third-order valence-corrected chi connectivity index (χ3v) is 4.40. The summed E-state index contributed by atoms with van der Waals surface area (Å²) in [5.41, 5.74) is -0.0853. The monoisotopic (exact) mass is 393 g/mol. The molecule has 0 aliphatic heterocycles. The maximum atomic E-state index is 12.8.